The summed E-state index contributed by atoms with van der Waals surface area (Å²) in [4.78, 5) is 2.11. The predicted molar refractivity (Wildman–Crippen MR) is 82.0 cm³/mol. The van der Waals surface area contributed by atoms with Gasteiger partial charge < -0.3 is 10.2 Å². The molecule has 0 unspecified atom stereocenters. The Morgan fingerprint density at radius 3 is 2.50 bits per heavy atom. The zero-order valence-electron chi connectivity index (χ0n) is 12.3. The second kappa shape index (κ2) is 5.67. The third-order valence-electron chi connectivity index (χ3n) is 4.16. The number of hydrogen-bond acceptors (Lipinski definition) is 2. The van der Waals surface area contributed by atoms with Crippen LogP contribution in [0.5, 0.6) is 0 Å². The zero-order valence-corrected chi connectivity index (χ0v) is 12.3. The van der Waals surface area contributed by atoms with Crippen molar-refractivity contribution in [3.8, 4) is 11.3 Å². The molecule has 0 aliphatic carbocycles. The van der Waals surface area contributed by atoms with Crippen LogP contribution >= 0.6 is 0 Å². The molecule has 4 heteroatoms. The van der Waals surface area contributed by atoms with Crippen LogP contribution in [0.4, 0.5) is 5.69 Å². The molecule has 2 aromatic rings. The van der Waals surface area contributed by atoms with Crippen molar-refractivity contribution in [3.63, 3.8) is 0 Å². The van der Waals surface area contributed by atoms with E-state index in [1.165, 1.54) is 42.9 Å². The molecule has 0 saturated carbocycles. The van der Waals surface area contributed by atoms with Gasteiger partial charge in [0.15, 0.2) is 0 Å². The van der Waals surface area contributed by atoms with E-state index < -0.39 is 0 Å². The van der Waals surface area contributed by atoms with E-state index in [1.807, 2.05) is 0 Å². The van der Waals surface area contributed by atoms with Crippen LogP contribution in [0.2, 0.25) is 0 Å². The topological polar surface area (TPSA) is 48.5 Å². The molecule has 1 aromatic carbocycles. The fourth-order valence-corrected chi connectivity index (χ4v) is 2.86. The first-order valence-electron chi connectivity index (χ1n) is 7.39. The van der Waals surface area contributed by atoms with E-state index in [0.29, 0.717) is 5.92 Å². The van der Waals surface area contributed by atoms with Crippen molar-refractivity contribution in [2.45, 2.75) is 18.8 Å². The minimum absolute atomic E-state index is 0.655. The number of nitrogens with zero attached hydrogens (tertiary/aromatic N) is 2. The Morgan fingerprint density at radius 2 is 1.85 bits per heavy atom. The lowest BCUT2D eigenvalue weighted by Crippen LogP contribution is -2.86. The van der Waals surface area contributed by atoms with Crippen LogP contribution in [0.1, 0.15) is 24.5 Å². The molecule has 20 heavy (non-hydrogen) atoms. The highest BCUT2D eigenvalue weighted by molar-refractivity contribution is 5.63. The number of nitrogens with one attached hydrogen (secondary N) is 1. The number of aromatic nitrogens is 2. The van der Waals surface area contributed by atoms with Gasteiger partial charge in [-0.05, 0) is 18.2 Å². The van der Waals surface area contributed by atoms with Crippen LogP contribution in [-0.4, -0.2) is 37.4 Å². The quantitative estimate of drug-likeness (QED) is 0.890. The molecule has 1 saturated heterocycles. The van der Waals surface area contributed by atoms with Crippen LogP contribution < -0.4 is 10.2 Å². The molecule has 3 N–H and O–H groups in total. The van der Waals surface area contributed by atoms with Crippen molar-refractivity contribution >= 4 is 5.69 Å². The summed E-state index contributed by atoms with van der Waals surface area (Å²) in [5, 5.41) is 10.1. The number of quaternary nitrogens is 1. The molecule has 106 valence electrons. The Kier molecular flexibility index (Phi) is 3.74. The van der Waals surface area contributed by atoms with Crippen molar-refractivity contribution < 1.29 is 5.32 Å². The zero-order chi connectivity index (χ0) is 13.9. The first kappa shape index (κ1) is 13.2. The number of anilines is 1. The normalized spacial score (nSPS) is 16.3. The van der Waals surface area contributed by atoms with Gasteiger partial charge >= 0.3 is 0 Å². The lowest BCUT2D eigenvalue weighted by atomic mass is 9.94. The number of H-pyrrole nitrogens is 1. The van der Waals surface area contributed by atoms with E-state index in [1.54, 1.807) is 0 Å². The highest BCUT2D eigenvalue weighted by Gasteiger charge is 2.19. The molecule has 0 bridgehead atoms. The van der Waals surface area contributed by atoms with Crippen molar-refractivity contribution in [1.29, 1.82) is 0 Å². The molecule has 2 heterocycles. The average molecular weight is 271 g/mol. The summed E-state index contributed by atoms with van der Waals surface area (Å²) in [6.45, 7) is 2.47. The Labute approximate surface area is 120 Å². The molecule has 1 fully saturated rings. The highest BCUT2D eigenvalue weighted by atomic mass is 15.1. The van der Waals surface area contributed by atoms with E-state index in [0.717, 1.165) is 5.69 Å². The number of benzene rings is 1. The third kappa shape index (κ3) is 2.70. The van der Waals surface area contributed by atoms with Crippen molar-refractivity contribution in [1.82, 2.24) is 10.2 Å². The maximum atomic E-state index is 4.49. The van der Waals surface area contributed by atoms with Gasteiger partial charge in [-0.2, -0.15) is 5.10 Å². The van der Waals surface area contributed by atoms with Crippen LogP contribution in [0.15, 0.2) is 30.3 Å². The molecule has 0 radical (unpaired) electrons. The minimum atomic E-state index is 0.655. The standard InChI is InChI=1S/C16H22N4/c1-20(2)14-5-3-12(4-6-14)15-11-16(19-18-15)13-7-9-17-10-8-13/h3-6,11,13,17H,7-10H2,1-2H3,(H,18,19)/p+1. The molecule has 3 rings (SSSR count). The first-order chi connectivity index (χ1) is 9.74. The van der Waals surface area contributed by atoms with Gasteiger partial charge in [0.05, 0.1) is 18.8 Å². The lowest BCUT2D eigenvalue weighted by molar-refractivity contribution is -0.663. The van der Waals surface area contributed by atoms with Crippen LogP contribution in [0, 0.1) is 0 Å². The lowest BCUT2D eigenvalue weighted by Gasteiger charge is -2.18. The second-order valence-corrected chi connectivity index (χ2v) is 5.79. The van der Waals surface area contributed by atoms with Gasteiger partial charge in [-0.25, -0.2) is 0 Å². The van der Waals surface area contributed by atoms with Gasteiger partial charge in [0.1, 0.15) is 0 Å². The van der Waals surface area contributed by atoms with Crippen molar-refractivity contribution in [3.05, 3.63) is 36.0 Å². The number of nitrogens with two attached hydrogens (primary N) is 1. The fraction of sp³-hybridized carbons (Fsp3) is 0.438. The van der Waals surface area contributed by atoms with Crippen LogP contribution in [0.25, 0.3) is 11.3 Å². The monoisotopic (exact) mass is 271 g/mol. The molecular weight excluding hydrogens is 248 g/mol. The average Bonchev–Trinajstić information content (AvgIpc) is 2.98. The molecule has 0 amide bonds. The molecule has 1 aliphatic heterocycles. The molecule has 4 nitrogen and oxygen atoms in total. The summed E-state index contributed by atoms with van der Waals surface area (Å²) >= 11 is 0. The Morgan fingerprint density at radius 1 is 1.15 bits per heavy atom. The molecule has 0 atom stereocenters. The summed E-state index contributed by atoms with van der Waals surface area (Å²) in [5.74, 6) is 0.655. The number of aromatic amines is 1. The van der Waals surface area contributed by atoms with Crippen LogP contribution in [-0.2, 0) is 0 Å². The van der Waals surface area contributed by atoms with Gasteiger partial charge in [0, 0.05) is 49.8 Å². The SMILES string of the molecule is CN(C)c1ccc(-c2cc(C3CC[NH2+]CC3)[nH]n2)cc1. The van der Waals surface area contributed by atoms with Crippen LogP contribution in [0.3, 0.4) is 0 Å². The van der Waals surface area contributed by atoms with Crippen molar-refractivity contribution in [2.75, 3.05) is 32.1 Å². The van der Waals surface area contributed by atoms with Gasteiger partial charge in [-0.3, -0.25) is 5.10 Å². The Hall–Kier alpha value is -1.81. The maximum absolute atomic E-state index is 4.49. The summed E-state index contributed by atoms with van der Waals surface area (Å²) in [7, 11) is 4.11. The predicted octanol–water partition coefficient (Wildman–Crippen LogP) is 1.58. The molecule has 0 spiro atoms. The molecule has 1 aliphatic rings. The van der Waals surface area contributed by atoms with Gasteiger partial charge in [-0.1, -0.05) is 12.1 Å². The summed E-state index contributed by atoms with van der Waals surface area (Å²) in [6.07, 6.45) is 2.50. The van der Waals surface area contributed by atoms with Gasteiger partial charge in [-0.15, -0.1) is 0 Å². The maximum Gasteiger partial charge on any atom is 0.0923 e. The highest BCUT2D eigenvalue weighted by Crippen LogP contribution is 2.27. The number of rotatable bonds is 3. The Bertz CT molecular complexity index is 550. The van der Waals surface area contributed by atoms with E-state index in [4.69, 9.17) is 0 Å². The Balaban J connectivity index is 1.78. The summed E-state index contributed by atoms with van der Waals surface area (Å²) in [5.41, 5.74) is 4.75. The smallest absolute Gasteiger partial charge is 0.0923 e. The first-order valence-corrected chi connectivity index (χ1v) is 7.39. The molecular formula is C16H23N4+. The van der Waals surface area contributed by atoms with E-state index in [9.17, 15) is 0 Å². The second-order valence-electron chi connectivity index (χ2n) is 5.79. The fourth-order valence-electron chi connectivity index (χ4n) is 2.86. The third-order valence-corrected chi connectivity index (χ3v) is 4.16. The minimum Gasteiger partial charge on any atom is -0.378 e. The molecule has 1 aromatic heterocycles. The summed E-state index contributed by atoms with van der Waals surface area (Å²) in [6, 6.07) is 10.8. The van der Waals surface area contributed by atoms with Crippen molar-refractivity contribution in [2.24, 2.45) is 0 Å². The number of piperidine rings is 1. The van der Waals surface area contributed by atoms with E-state index >= 15 is 0 Å². The van der Waals surface area contributed by atoms with E-state index in [2.05, 4.69) is 64.8 Å². The summed E-state index contributed by atoms with van der Waals surface area (Å²) < 4.78 is 0. The van der Waals surface area contributed by atoms with Gasteiger partial charge in [0.2, 0.25) is 0 Å². The van der Waals surface area contributed by atoms with Gasteiger partial charge in [0.25, 0.3) is 0 Å². The largest absolute Gasteiger partial charge is 0.378 e. The van der Waals surface area contributed by atoms with E-state index in [-0.39, 0.29) is 0 Å². The number of hydrogen-bond donors (Lipinski definition) is 2.